The van der Waals surface area contributed by atoms with Gasteiger partial charge in [-0.15, -0.1) is 5.10 Å². The van der Waals surface area contributed by atoms with Gasteiger partial charge in [0.05, 0.1) is 11.9 Å². The number of hydrogen-bond donors (Lipinski definition) is 1. The SMILES string of the molecule is O=c1ccc2cc(-n3cc(C(O)c4ccccc4Br)nn3)ccc2o1. The van der Waals surface area contributed by atoms with Crippen molar-refractivity contribution in [2.75, 3.05) is 0 Å². The highest BCUT2D eigenvalue weighted by Crippen LogP contribution is 2.27. The van der Waals surface area contributed by atoms with Crippen LogP contribution < -0.4 is 5.63 Å². The molecule has 0 radical (unpaired) electrons. The van der Waals surface area contributed by atoms with E-state index in [1.165, 1.54) is 6.07 Å². The molecule has 0 aliphatic rings. The van der Waals surface area contributed by atoms with E-state index in [2.05, 4.69) is 26.2 Å². The Bertz CT molecular complexity index is 1120. The van der Waals surface area contributed by atoms with Gasteiger partial charge in [0, 0.05) is 21.5 Å². The van der Waals surface area contributed by atoms with Crippen LogP contribution in [-0.2, 0) is 0 Å². The number of aliphatic hydroxyl groups excluding tert-OH is 1. The molecule has 4 aromatic rings. The summed E-state index contributed by atoms with van der Waals surface area (Å²) in [6.45, 7) is 0. The van der Waals surface area contributed by atoms with Crippen LogP contribution in [0, 0.1) is 0 Å². The molecule has 0 amide bonds. The molecule has 25 heavy (non-hydrogen) atoms. The number of aromatic nitrogens is 3. The van der Waals surface area contributed by atoms with Crippen LogP contribution in [0.4, 0.5) is 0 Å². The van der Waals surface area contributed by atoms with E-state index in [1.807, 2.05) is 30.3 Å². The summed E-state index contributed by atoms with van der Waals surface area (Å²) in [6.07, 6.45) is 0.785. The molecule has 2 aromatic heterocycles. The number of halogens is 1. The molecule has 4 rings (SSSR count). The van der Waals surface area contributed by atoms with Gasteiger partial charge in [0.15, 0.2) is 0 Å². The highest BCUT2D eigenvalue weighted by atomic mass is 79.9. The highest BCUT2D eigenvalue weighted by molar-refractivity contribution is 9.10. The van der Waals surface area contributed by atoms with Crippen molar-refractivity contribution in [1.82, 2.24) is 15.0 Å². The van der Waals surface area contributed by atoms with Gasteiger partial charge in [-0.1, -0.05) is 39.3 Å². The third-order valence-electron chi connectivity index (χ3n) is 3.86. The van der Waals surface area contributed by atoms with Crippen molar-refractivity contribution in [3.05, 3.63) is 86.9 Å². The molecule has 0 aliphatic carbocycles. The smallest absolute Gasteiger partial charge is 0.336 e. The molecule has 0 fully saturated rings. The summed E-state index contributed by atoms with van der Waals surface area (Å²) in [6, 6.07) is 15.8. The Balaban J connectivity index is 1.70. The molecule has 0 saturated heterocycles. The van der Waals surface area contributed by atoms with E-state index in [1.54, 1.807) is 29.1 Å². The second kappa shape index (κ2) is 6.27. The molecule has 124 valence electrons. The van der Waals surface area contributed by atoms with Crippen LogP contribution in [-0.4, -0.2) is 20.1 Å². The third kappa shape index (κ3) is 2.99. The van der Waals surface area contributed by atoms with Crippen LogP contribution in [0.2, 0.25) is 0 Å². The topological polar surface area (TPSA) is 81.2 Å². The van der Waals surface area contributed by atoms with Crippen molar-refractivity contribution in [1.29, 1.82) is 0 Å². The molecule has 6 nitrogen and oxygen atoms in total. The predicted molar refractivity (Wildman–Crippen MR) is 95.6 cm³/mol. The summed E-state index contributed by atoms with van der Waals surface area (Å²) >= 11 is 3.43. The lowest BCUT2D eigenvalue weighted by atomic mass is 10.1. The number of nitrogens with zero attached hydrogens (tertiary/aromatic N) is 3. The molecule has 0 aliphatic heterocycles. The van der Waals surface area contributed by atoms with Gasteiger partial charge in [0.25, 0.3) is 0 Å². The Morgan fingerprint density at radius 3 is 2.80 bits per heavy atom. The van der Waals surface area contributed by atoms with Gasteiger partial charge >= 0.3 is 5.63 Å². The average Bonchev–Trinajstić information content (AvgIpc) is 3.11. The molecule has 2 aromatic carbocycles. The van der Waals surface area contributed by atoms with Crippen LogP contribution in [0.15, 0.2) is 74.5 Å². The summed E-state index contributed by atoms with van der Waals surface area (Å²) in [5.41, 5.74) is 2.02. The Morgan fingerprint density at radius 2 is 1.96 bits per heavy atom. The predicted octanol–water partition coefficient (Wildman–Crippen LogP) is 3.22. The first kappa shape index (κ1) is 15.7. The second-order valence-electron chi connectivity index (χ2n) is 5.49. The number of fused-ring (bicyclic) bond motifs is 1. The molecule has 2 heterocycles. The van der Waals surface area contributed by atoms with E-state index in [9.17, 15) is 9.90 Å². The van der Waals surface area contributed by atoms with E-state index < -0.39 is 6.10 Å². The normalized spacial score (nSPS) is 12.4. The lowest BCUT2D eigenvalue weighted by molar-refractivity contribution is 0.214. The van der Waals surface area contributed by atoms with Crippen LogP contribution in [0.3, 0.4) is 0 Å². The standard InChI is InChI=1S/C18H12BrN3O3/c19-14-4-2-1-3-13(14)18(24)15-10-22(21-20-15)12-6-7-16-11(9-12)5-8-17(23)25-16/h1-10,18,24H. The van der Waals surface area contributed by atoms with Crippen molar-refractivity contribution < 1.29 is 9.52 Å². The average molecular weight is 398 g/mol. The van der Waals surface area contributed by atoms with Gasteiger partial charge in [-0.25, -0.2) is 9.48 Å². The van der Waals surface area contributed by atoms with E-state index in [0.29, 0.717) is 11.3 Å². The third-order valence-corrected chi connectivity index (χ3v) is 4.58. The van der Waals surface area contributed by atoms with Crippen LogP contribution in [0.5, 0.6) is 0 Å². The van der Waals surface area contributed by atoms with Crippen LogP contribution in [0.25, 0.3) is 16.7 Å². The van der Waals surface area contributed by atoms with Crippen molar-refractivity contribution in [3.8, 4) is 5.69 Å². The summed E-state index contributed by atoms with van der Waals surface area (Å²) < 4.78 is 7.49. The van der Waals surface area contributed by atoms with Gasteiger partial charge in [0.1, 0.15) is 17.4 Å². The highest BCUT2D eigenvalue weighted by Gasteiger charge is 2.17. The summed E-state index contributed by atoms with van der Waals surface area (Å²) in [5, 5.41) is 19.5. The first-order valence-electron chi connectivity index (χ1n) is 7.51. The minimum Gasteiger partial charge on any atom is -0.423 e. The largest absolute Gasteiger partial charge is 0.423 e. The molecule has 1 atom stereocenters. The van der Waals surface area contributed by atoms with E-state index in [4.69, 9.17) is 4.42 Å². The minimum atomic E-state index is -0.886. The quantitative estimate of drug-likeness (QED) is 0.536. The monoisotopic (exact) mass is 397 g/mol. The summed E-state index contributed by atoms with van der Waals surface area (Å²) in [4.78, 5) is 11.3. The van der Waals surface area contributed by atoms with Gasteiger partial charge in [-0.2, -0.15) is 0 Å². The number of benzene rings is 2. The molecular weight excluding hydrogens is 386 g/mol. The zero-order valence-electron chi connectivity index (χ0n) is 12.8. The lowest BCUT2D eigenvalue weighted by Crippen LogP contribution is -2.01. The molecule has 0 saturated carbocycles. The fraction of sp³-hybridized carbons (Fsp3) is 0.0556. The number of aliphatic hydroxyl groups is 1. The van der Waals surface area contributed by atoms with Gasteiger partial charge in [-0.3, -0.25) is 0 Å². The first-order valence-corrected chi connectivity index (χ1v) is 8.30. The number of rotatable bonds is 3. The zero-order chi connectivity index (χ0) is 17.4. The Kier molecular flexibility index (Phi) is 3.95. The lowest BCUT2D eigenvalue weighted by Gasteiger charge is -2.09. The van der Waals surface area contributed by atoms with Crippen molar-refractivity contribution in [2.45, 2.75) is 6.10 Å². The van der Waals surface area contributed by atoms with Crippen molar-refractivity contribution in [2.24, 2.45) is 0 Å². The van der Waals surface area contributed by atoms with Crippen LogP contribution in [0.1, 0.15) is 17.4 Å². The molecule has 0 bridgehead atoms. The molecule has 1 unspecified atom stereocenters. The Labute approximate surface area is 150 Å². The van der Waals surface area contributed by atoms with Crippen molar-refractivity contribution in [3.63, 3.8) is 0 Å². The maximum Gasteiger partial charge on any atom is 0.336 e. The van der Waals surface area contributed by atoms with Gasteiger partial charge in [0.2, 0.25) is 0 Å². The zero-order valence-corrected chi connectivity index (χ0v) is 14.4. The maximum absolute atomic E-state index is 11.3. The molecular formula is C18H12BrN3O3. The van der Waals surface area contributed by atoms with Gasteiger partial charge in [-0.05, 0) is 30.3 Å². The molecule has 0 spiro atoms. The van der Waals surface area contributed by atoms with Crippen LogP contribution >= 0.6 is 15.9 Å². The first-order chi connectivity index (χ1) is 12.1. The van der Waals surface area contributed by atoms with Gasteiger partial charge < -0.3 is 9.52 Å². The summed E-state index contributed by atoms with van der Waals surface area (Å²) in [7, 11) is 0. The van der Waals surface area contributed by atoms with E-state index >= 15 is 0 Å². The fourth-order valence-electron chi connectivity index (χ4n) is 2.59. The van der Waals surface area contributed by atoms with E-state index in [0.717, 1.165) is 21.1 Å². The van der Waals surface area contributed by atoms with E-state index in [-0.39, 0.29) is 5.63 Å². The number of hydrogen-bond acceptors (Lipinski definition) is 5. The Morgan fingerprint density at radius 1 is 1.12 bits per heavy atom. The maximum atomic E-state index is 11.3. The second-order valence-corrected chi connectivity index (χ2v) is 6.34. The molecule has 1 N–H and O–H groups in total. The Hall–Kier alpha value is -2.77. The summed E-state index contributed by atoms with van der Waals surface area (Å²) in [5.74, 6) is 0. The molecule has 7 heteroatoms. The fourth-order valence-corrected chi connectivity index (χ4v) is 3.09. The van der Waals surface area contributed by atoms with Crippen molar-refractivity contribution >= 4 is 26.9 Å². The minimum absolute atomic E-state index is 0.389.